The van der Waals surface area contributed by atoms with Gasteiger partial charge in [-0.2, -0.15) is 0 Å². The van der Waals surface area contributed by atoms with Crippen molar-refractivity contribution in [2.75, 3.05) is 45.9 Å². The van der Waals surface area contributed by atoms with E-state index < -0.39 is 0 Å². The lowest BCUT2D eigenvalue weighted by Gasteiger charge is -2.38. The van der Waals surface area contributed by atoms with Gasteiger partial charge in [-0.25, -0.2) is 4.79 Å². The Morgan fingerprint density at radius 2 is 1.68 bits per heavy atom. The molecule has 0 spiro atoms. The number of likely N-dealkylation sites (tertiary alicyclic amines) is 1. The molecule has 0 saturated carbocycles. The number of hydrogen-bond acceptors (Lipinski definition) is 3. The standard InChI is InChI=1S/C14H25N3O2/c18-14(17-8-10-19-11-9-17)16-6-3-12(4-7-16)13-2-1-5-15-13/h12-13,15H,1-11H2. The molecule has 3 aliphatic rings. The Labute approximate surface area is 115 Å². The SMILES string of the molecule is O=C(N1CCOCC1)N1CCC(C2CCCN2)CC1. The second kappa shape index (κ2) is 6.09. The van der Waals surface area contributed by atoms with E-state index >= 15 is 0 Å². The molecule has 3 heterocycles. The molecule has 0 aliphatic carbocycles. The summed E-state index contributed by atoms with van der Waals surface area (Å²) in [4.78, 5) is 16.3. The van der Waals surface area contributed by atoms with Gasteiger partial charge in [-0.1, -0.05) is 0 Å². The summed E-state index contributed by atoms with van der Waals surface area (Å²) in [5.41, 5.74) is 0. The Bertz CT molecular complexity index is 304. The molecular formula is C14H25N3O2. The number of urea groups is 1. The highest BCUT2D eigenvalue weighted by atomic mass is 16.5. The number of hydrogen-bond donors (Lipinski definition) is 1. The Morgan fingerprint density at radius 3 is 2.32 bits per heavy atom. The van der Waals surface area contributed by atoms with Gasteiger partial charge in [0.05, 0.1) is 13.2 Å². The number of nitrogens with zero attached hydrogens (tertiary/aromatic N) is 2. The highest BCUT2D eigenvalue weighted by Crippen LogP contribution is 2.26. The molecule has 0 bridgehead atoms. The van der Waals surface area contributed by atoms with Gasteiger partial charge in [0.1, 0.15) is 0 Å². The zero-order chi connectivity index (χ0) is 13.1. The molecule has 0 aromatic heterocycles. The minimum absolute atomic E-state index is 0.223. The van der Waals surface area contributed by atoms with Crippen molar-refractivity contribution in [2.24, 2.45) is 5.92 Å². The van der Waals surface area contributed by atoms with Crippen LogP contribution >= 0.6 is 0 Å². The summed E-state index contributed by atoms with van der Waals surface area (Å²) in [5, 5.41) is 3.60. The third kappa shape index (κ3) is 3.03. The van der Waals surface area contributed by atoms with Gasteiger partial charge in [-0.15, -0.1) is 0 Å². The van der Waals surface area contributed by atoms with Crippen LogP contribution in [0.4, 0.5) is 4.79 Å². The number of carbonyl (C=O) groups excluding carboxylic acids is 1. The van der Waals surface area contributed by atoms with Gasteiger partial charge in [0.2, 0.25) is 0 Å². The van der Waals surface area contributed by atoms with E-state index in [1.54, 1.807) is 0 Å². The average molecular weight is 267 g/mol. The van der Waals surface area contributed by atoms with E-state index in [4.69, 9.17) is 4.74 Å². The average Bonchev–Trinajstić information content (AvgIpc) is 3.02. The molecule has 108 valence electrons. The summed E-state index contributed by atoms with van der Waals surface area (Å²) in [5.74, 6) is 0.774. The predicted octanol–water partition coefficient (Wildman–Crippen LogP) is 0.903. The van der Waals surface area contributed by atoms with E-state index in [0.29, 0.717) is 19.3 Å². The summed E-state index contributed by atoms with van der Waals surface area (Å²) in [6.45, 7) is 5.92. The predicted molar refractivity (Wildman–Crippen MR) is 73.1 cm³/mol. The van der Waals surface area contributed by atoms with Crippen LogP contribution < -0.4 is 5.32 Å². The van der Waals surface area contributed by atoms with Crippen molar-refractivity contribution >= 4 is 6.03 Å². The number of piperidine rings is 1. The molecular weight excluding hydrogens is 242 g/mol. The minimum atomic E-state index is 0.223. The van der Waals surface area contributed by atoms with Crippen LogP contribution in [0.25, 0.3) is 0 Å². The van der Waals surface area contributed by atoms with Gasteiger partial charge in [0, 0.05) is 32.2 Å². The lowest BCUT2D eigenvalue weighted by Crippen LogP contribution is -2.51. The molecule has 1 unspecified atom stereocenters. The quantitative estimate of drug-likeness (QED) is 0.768. The minimum Gasteiger partial charge on any atom is -0.378 e. The zero-order valence-electron chi connectivity index (χ0n) is 11.6. The number of rotatable bonds is 1. The van der Waals surface area contributed by atoms with Crippen LogP contribution in [0.3, 0.4) is 0 Å². The Hall–Kier alpha value is -0.810. The highest BCUT2D eigenvalue weighted by Gasteiger charge is 2.31. The number of amides is 2. The molecule has 0 aromatic carbocycles. The first-order valence-corrected chi connectivity index (χ1v) is 7.69. The van der Waals surface area contributed by atoms with Crippen molar-refractivity contribution in [3.63, 3.8) is 0 Å². The van der Waals surface area contributed by atoms with E-state index in [-0.39, 0.29) is 6.03 Å². The lowest BCUT2D eigenvalue weighted by atomic mass is 9.89. The molecule has 0 aromatic rings. The highest BCUT2D eigenvalue weighted by molar-refractivity contribution is 5.74. The van der Waals surface area contributed by atoms with Crippen LogP contribution in [0.5, 0.6) is 0 Å². The summed E-state index contributed by atoms with van der Waals surface area (Å²) in [6.07, 6.45) is 4.96. The molecule has 3 aliphatic heterocycles. The Balaban J connectivity index is 1.47. The number of carbonyl (C=O) groups is 1. The summed E-state index contributed by atoms with van der Waals surface area (Å²) < 4.78 is 5.30. The lowest BCUT2D eigenvalue weighted by molar-refractivity contribution is 0.0393. The molecule has 5 nitrogen and oxygen atoms in total. The van der Waals surface area contributed by atoms with E-state index in [1.807, 2.05) is 9.80 Å². The molecule has 3 saturated heterocycles. The van der Waals surface area contributed by atoms with Crippen LogP contribution in [-0.4, -0.2) is 67.8 Å². The fourth-order valence-corrected chi connectivity index (χ4v) is 3.56. The monoisotopic (exact) mass is 267 g/mol. The first-order chi connectivity index (χ1) is 9.34. The van der Waals surface area contributed by atoms with Crippen molar-refractivity contribution in [3.05, 3.63) is 0 Å². The molecule has 1 atom stereocenters. The first-order valence-electron chi connectivity index (χ1n) is 7.69. The van der Waals surface area contributed by atoms with Crippen molar-refractivity contribution in [1.29, 1.82) is 0 Å². The van der Waals surface area contributed by atoms with Gasteiger partial charge < -0.3 is 19.9 Å². The Morgan fingerprint density at radius 1 is 1.00 bits per heavy atom. The topological polar surface area (TPSA) is 44.8 Å². The molecule has 3 rings (SSSR count). The third-order valence-corrected chi connectivity index (χ3v) is 4.76. The fraction of sp³-hybridized carbons (Fsp3) is 0.929. The van der Waals surface area contributed by atoms with Crippen LogP contribution in [0.2, 0.25) is 0 Å². The van der Waals surface area contributed by atoms with E-state index in [0.717, 1.165) is 44.9 Å². The van der Waals surface area contributed by atoms with Gasteiger partial charge in [0.15, 0.2) is 0 Å². The molecule has 5 heteroatoms. The van der Waals surface area contributed by atoms with E-state index in [2.05, 4.69) is 5.32 Å². The first kappa shape index (κ1) is 13.2. The third-order valence-electron chi connectivity index (χ3n) is 4.76. The fourth-order valence-electron chi connectivity index (χ4n) is 3.56. The maximum Gasteiger partial charge on any atom is 0.320 e. The summed E-state index contributed by atoms with van der Waals surface area (Å²) in [7, 11) is 0. The number of ether oxygens (including phenoxy) is 1. The molecule has 2 amide bonds. The van der Waals surface area contributed by atoms with Crippen LogP contribution in [0.1, 0.15) is 25.7 Å². The summed E-state index contributed by atoms with van der Waals surface area (Å²) in [6, 6.07) is 0.932. The van der Waals surface area contributed by atoms with Crippen molar-refractivity contribution in [2.45, 2.75) is 31.7 Å². The number of nitrogens with one attached hydrogen (secondary N) is 1. The van der Waals surface area contributed by atoms with Gasteiger partial charge >= 0.3 is 6.03 Å². The largest absolute Gasteiger partial charge is 0.378 e. The van der Waals surface area contributed by atoms with Crippen molar-refractivity contribution < 1.29 is 9.53 Å². The number of morpholine rings is 1. The van der Waals surface area contributed by atoms with Crippen molar-refractivity contribution in [3.8, 4) is 0 Å². The van der Waals surface area contributed by atoms with Gasteiger partial charge in [-0.05, 0) is 38.1 Å². The molecule has 0 radical (unpaired) electrons. The normalized spacial score (nSPS) is 29.8. The van der Waals surface area contributed by atoms with E-state index in [1.165, 1.54) is 19.4 Å². The maximum atomic E-state index is 12.4. The second-order valence-corrected chi connectivity index (χ2v) is 5.91. The van der Waals surface area contributed by atoms with Crippen LogP contribution in [0, 0.1) is 5.92 Å². The second-order valence-electron chi connectivity index (χ2n) is 5.91. The summed E-state index contributed by atoms with van der Waals surface area (Å²) >= 11 is 0. The van der Waals surface area contributed by atoms with Crippen LogP contribution in [-0.2, 0) is 4.74 Å². The smallest absolute Gasteiger partial charge is 0.320 e. The van der Waals surface area contributed by atoms with Crippen molar-refractivity contribution in [1.82, 2.24) is 15.1 Å². The van der Waals surface area contributed by atoms with Crippen LogP contribution in [0.15, 0.2) is 0 Å². The molecule has 3 fully saturated rings. The molecule has 1 N–H and O–H groups in total. The Kier molecular flexibility index (Phi) is 4.23. The zero-order valence-corrected chi connectivity index (χ0v) is 11.6. The van der Waals surface area contributed by atoms with Gasteiger partial charge in [-0.3, -0.25) is 0 Å². The maximum absolute atomic E-state index is 12.4. The van der Waals surface area contributed by atoms with E-state index in [9.17, 15) is 4.79 Å². The van der Waals surface area contributed by atoms with Gasteiger partial charge in [0.25, 0.3) is 0 Å². The molecule has 19 heavy (non-hydrogen) atoms.